The number of aromatic nitrogens is 2. The van der Waals surface area contributed by atoms with Crippen molar-refractivity contribution in [3.05, 3.63) is 22.2 Å². The summed E-state index contributed by atoms with van der Waals surface area (Å²) in [4.78, 5) is 14.9. The van der Waals surface area contributed by atoms with Crippen molar-refractivity contribution in [1.82, 2.24) is 9.55 Å². The third-order valence-corrected chi connectivity index (χ3v) is 3.12. The highest BCUT2D eigenvalue weighted by atomic mass is 35.5. The molecule has 4 N–H and O–H groups in total. The van der Waals surface area contributed by atoms with Gasteiger partial charge in [-0.1, -0.05) is 23.2 Å². The van der Waals surface area contributed by atoms with Gasteiger partial charge in [0, 0.05) is 13.0 Å². The largest absolute Gasteiger partial charge is 0.370 e. The fraction of sp³-hybridized carbons (Fsp3) is 0.200. The summed E-state index contributed by atoms with van der Waals surface area (Å²) in [5.41, 5.74) is 12.2. The molecule has 5 nitrogen and oxygen atoms in total. The second kappa shape index (κ2) is 4.43. The number of aryl methyl sites for hydroxylation is 1. The molecule has 0 aliphatic rings. The summed E-state index contributed by atoms with van der Waals surface area (Å²) >= 11 is 11.8. The molecule has 0 unspecified atom stereocenters. The molecule has 0 aliphatic heterocycles. The van der Waals surface area contributed by atoms with E-state index in [0.717, 1.165) is 5.52 Å². The van der Waals surface area contributed by atoms with E-state index < -0.39 is 5.91 Å². The number of nitrogen functional groups attached to an aromatic ring is 1. The number of hydrogen-bond donors (Lipinski definition) is 2. The first kappa shape index (κ1) is 12.0. The van der Waals surface area contributed by atoms with Crippen LogP contribution >= 0.6 is 23.2 Å². The zero-order valence-electron chi connectivity index (χ0n) is 8.78. The van der Waals surface area contributed by atoms with E-state index >= 15 is 0 Å². The van der Waals surface area contributed by atoms with Crippen LogP contribution in [0.25, 0.3) is 11.0 Å². The first-order valence-corrected chi connectivity index (χ1v) is 5.63. The number of amides is 1. The van der Waals surface area contributed by atoms with Crippen molar-refractivity contribution in [2.75, 3.05) is 5.73 Å². The van der Waals surface area contributed by atoms with Gasteiger partial charge in [-0.15, -0.1) is 0 Å². The molecule has 0 saturated carbocycles. The van der Waals surface area contributed by atoms with Crippen molar-refractivity contribution in [1.29, 1.82) is 0 Å². The molecule has 0 aliphatic carbocycles. The maximum atomic E-state index is 10.8. The summed E-state index contributed by atoms with van der Waals surface area (Å²) in [5, 5.41) is 0.832. The Balaban J connectivity index is 2.50. The number of halogens is 2. The van der Waals surface area contributed by atoms with E-state index in [4.69, 9.17) is 34.7 Å². The number of benzene rings is 1. The maximum Gasteiger partial charge on any atom is 0.219 e. The number of imidazole rings is 1. The van der Waals surface area contributed by atoms with Gasteiger partial charge in [0.2, 0.25) is 11.9 Å². The van der Waals surface area contributed by atoms with Crippen molar-refractivity contribution in [3.8, 4) is 0 Å². The third kappa shape index (κ3) is 2.30. The number of carbonyl (C=O) groups is 1. The van der Waals surface area contributed by atoms with Gasteiger partial charge in [0.25, 0.3) is 0 Å². The molecule has 7 heteroatoms. The average Bonchev–Trinajstić information content (AvgIpc) is 2.52. The highest BCUT2D eigenvalue weighted by Crippen LogP contribution is 2.29. The molecule has 17 heavy (non-hydrogen) atoms. The molecule has 0 atom stereocenters. The van der Waals surface area contributed by atoms with E-state index in [1.807, 2.05) is 0 Å². The predicted octanol–water partition coefficient (Wildman–Crippen LogP) is 1.80. The van der Waals surface area contributed by atoms with E-state index in [1.165, 1.54) is 0 Å². The minimum atomic E-state index is -0.397. The molecule has 0 fully saturated rings. The average molecular weight is 273 g/mol. The smallest absolute Gasteiger partial charge is 0.219 e. The first-order valence-electron chi connectivity index (χ1n) is 4.88. The number of nitrogens with zero attached hydrogens (tertiary/aromatic N) is 2. The minimum absolute atomic E-state index is 0.190. The standard InChI is InChI=1S/C10H10Cl2N4O/c11-5-3-7-8(4-6(5)12)16(10(14)15-7)2-1-9(13)17/h3-4H,1-2H2,(H2,13,17)(H2,14,15). The molecule has 1 aromatic carbocycles. The van der Waals surface area contributed by atoms with Crippen LogP contribution in [0.1, 0.15) is 6.42 Å². The van der Waals surface area contributed by atoms with Gasteiger partial charge in [-0.3, -0.25) is 4.79 Å². The van der Waals surface area contributed by atoms with Gasteiger partial charge in [0.15, 0.2) is 0 Å². The number of primary amides is 1. The van der Waals surface area contributed by atoms with Crippen LogP contribution in [0.5, 0.6) is 0 Å². The quantitative estimate of drug-likeness (QED) is 0.893. The van der Waals surface area contributed by atoms with Crippen molar-refractivity contribution >= 4 is 46.1 Å². The van der Waals surface area contributed by atoms with Gasteiger partial charge < -0.3 is 16.0 Å². The van der Waals surface area contributed by atoms with Crippen molar-refractivity contribution in [3.63, 3.8) is 0 Å². The molecule has 2 aromatic rings. The van der Waals surface area contributed by atoms with Crippen LogP contribution in [0.2, 0.25) is 10.0 Å². The SMILES string of the molecule is NC(=O)CCn1c(N)nc2cc(Cl)c(Cl)cc21. The maximum absolute atomic E-state index is 10.8. The van der Waals surface area contributed by atoms with Crippen molar-refractivity contribution < 1.29 is 4.79 Å². The Morgan fingerprint density at radius 1 is 1.35 bits per heavy atom. The summed E-state index contributed by atoms with van der Waals surface area (Å²) in [6, 6.07) is 3.31. The zero-order valence-corrected chi connectivity index (χ0v) is 10.3. The number of fused-ring (bicyclic) bond motifs is 1. The molecule has 0 radical (unpaired) electrons. The van der Waals surface area contributed by atoms with Crippen molar-refractivity contribution in [2.24, 2.45) is 5.73 Å². The topological polar surface area (TPSA) is 86.9 Å². The van der Waals surface area contributed by atoms with Crippen LogP contribution in [-0.2, 0) is 11.3 Å². The molecule has 1 heterocycles. The molecule has 2 rings (SSSR count). The lowest BCUT2D eigenvalue weighted by Crippen LogP contribution is -2.14. The Hall–Kier alpha value is -1.46. The van der Waals surface area contributed by atoms with E-state index in [9.17, 15) is 4.79 Å². The molecule has 1 amide bonds. The highest BCUT2D eigenvalue weighted by Gasteiger charge is 2.11. The Bertz CT molecular complexity index is 593. The lowest BCUT2D eigenvalue weighted by molar-refractivity contribution is -0.118. The van der Waals surface area contributed by atoms with Crippen LogP contribution in [0.4, 0.5) is 5.95 Å². The molecular formula is C10H10Cl2N4O. The molecule has 0 spiro atoms. The summed E-state index contributed by atoms with van der Waals surface area (Å²) in [6.07, 6.45) is 0.190. The summed E-state index contributed by atoms with van der Waals surface area (Å²) in [6.45, 7) is 0.371. The number of anilines is 1. The van der Waals surface area contributed by atoms with Gasteiger partial charge in [-0.25, -0.2) is 4.98 Å². The minimum Gasteiger partial charge on any atom is -0.370 e. The number of hydrogen-bond acceptors (Lipinski definition) is 3. The highest BCUT2D eigenvalue weighted by molar-refractivity contribution is 6.42. The van der Waals surface area contributed by atoms with Crippen LogP contribution in [0, 0.1) is 0 Å². The van der Waals surface area contributed by atoms with Gasteiger partial charge in [-0.05, 0) is 12.1 Å². The molecule has 0 saturated heterocycles. The Morgan fingerprint density at radius 2 is 2.00 bits per heavy atom. The first-order chi connectivity index (χ1) is 7.99. The van der Waals surface area contributed by atoms with E-state index in [0.29, 0.717) is 28.1 Å². The third-order valence-electron chi connectivity index (χ3n) is 2.40. The molecule has 0 bridgehead atoms. The Labute approximate surface area is 107 Å². The van der Waals surface area contributed by atoms with Crippen LogP contribution in [0.15, 0.2) is 12.1 Å². The normalized spacial score (nSPS) is 10.9. The van der Waals surface area contributed by atoms with Gasteiger partial charge >= 0.3 is 0 Å². The van der Waals surface area contributed by atoms with Crippen LogP contribution in [-0.4, -0.2) is 15.5 Å². The number of rotatable bonds is 3. The second-order valence-corrected chi connectivity index (χ2v) is 4.41. The van der Waals surface area contributed by atoms with E-state index in [2.05, 4.69) is 4.98 Å². The molecular weight excluding hydrogens is 263 g/mol. The Kier molecular flexibility index (Phi) is 3.13. The summed E-state index contributed by atoms with van der Waals surface area (Å²) < 4.78 is 1.68. The molecule has 1 aromatic heterocycles. The van der Waals surface area contributed by atoms with Gasteiger partial charge in [0.05, 0.1) is 21.1 Å². The fourth-order valence-corrected chi connectivity index (χ4v) is 1.91. The van der Waals surface area contributed by atoms with Gasteiger partial charge in [0.1, 0.15) is 0 Å². The van der Waals surface area contributed by atoms with Gasteiger partial charge in [-0.2, -0.15) is 0 Å². The number of nitrogens with two attached hydrogens (primary N) is 2. The second-order valence-electron chi connectivity index (χ2n) is 3.59. The van der Waals surface area contributed by atoms with Crippen molar-refractivity contribution in [2.45, 2.75) is 13.0 Å². The number of carbonyl (C=O) groups excluding carboxylic acids is 1. The van der Waals surface area contributed by atoms with E-state index in [1.54, 1.807) is 16.7 Å². The fourth-order valence-electron chi connectivity index (χ4n) is 1.60. The zero-order chi connectivity index (χ0) is 12.6. The molecule has 90 valence electrons. The monoisotopic (exact) mass is 272 g/mol. The summed E-state index contributed by atoms with van der Waals surface area (Å²) in [7, 11) is 0. The van der Waals surface area contributed by atoms with Crippen LogP contribution < -0.4 is 11.5 Å². The lowest BCUT2D eigenvalue weighted by Gasteiger charge is -2.04. The summed E-state index contributed by atoms with van der Waals surface area (Å²) in [5.74, 6) is -0.0918. The predicted molar refractivity (Wildman–Crippen MR) is 68.0 cm³/mol. The Morgan fingerprint density at radius 3 is 2.65 bits per heavy atom. The van der Waals surface area contributed by atoms with E-state index in [-0.39, 0.29) is 6.42 Å². The lowest BCUT2D eigenvalue weighted by atomic mass is 10.3. The van der Waals surface area contributed by atoms with Crippen LogP contribution in [0.3, 0.4) is 0 Å².